The Morgan fingerprint density at radius 3 is 2.44 bits per heavy atom. The van der Waals surface area contributed by atoms with E-state index in [1.54, 1.807) is 37.7 Å². The van der Waals surface area contributed by atoms with Crippen molar-refractivity contribution in [3.05, 3.63) is 90.1 Å². The van der Waals surface area contributed by atoms with E-state index in [4.69, 9.17) is 20.2 Å². The molecule has 1 amide bonds. The lowest BCUT2D eigenvalue weighted by Crippen LogP contribution is -2.26. The van der Waals surface area contributed by atoms with Gasteiger partial charge in [-0.05, 0) is 69.0 Å². The maximum atomic E-state index is 12.3. The Bertz CT molecular complexity index is 1780. The van der Waals surface area contributed by atoms with E-state index < -0.39 is 17.7 Å². The number of nitrogens with two attached hydrogens (primary N) is 1. The van der Waals surface area contributed by atoms with Crippen LogP contribution in [0.1, 0.15) is 51.1 Å². The molecule has 0 saturated heterocycles. The van der Waals surface area contributed by atoms with Crippen molar-refractivity contribution in [2.45, 2.75) is 66.2 Å². The van der Waals surface area contributed by atoms with Crippen LogP contribution in [-0.4, -0.2) is 36.8 Å². The minimum absolute atomic E-state index is 0.0837. The van der Waals surface area contributed by atoms with Crippen LogP contribution >= 0.6 is 0 Å². The van der Waals surface area contributed by atoms with Crippen LogP contribution < -0.4 is 10.5 Å². The Kier molecular flexibility index (Phi) is 8.34. The molecule has 0 fully saturated rings. The number of para-hydroxylation sites is 1. The molecule has 2 heterocycles. The van der Waals surface area contributed by atoms with Gasteiger partial charge in [-0.15, -0.1) is 0 Å². The fraction of sp³-hybridized carbons (Fsp3) is 0.294. The quantitative estimate of drug-likeness (QED) is 0.154. The smallest absolute Gasteiger partial charge is 0.428 e. The zero-order valence-electron chi connectivity index (χ0n) is 25.3. The molecule has 5 aromatic rings. The lowest BCUT2D eigenvalue weighted by molar-refractivity contribution is -0.118. The first kappa shape index (κ1) is 29.6. The van der Waals surface area contributed by atoms with Crippen LogP contribution in [0.25, 0.3) is 33.4 Å². The summed E-state index contributed by atoms with van der Waals surface area (Å²) in [5.74, 6) is 1.05. The van der Waals surface area contributed by atoms with Crippen molar-refractivity contribution in [1.82, 2.24) is 19.1 Å². The van der Waals surface area contributed by atoms with Crippen molar-refractivity contribution in [2.75, 3.05) is 0 Å². The average molecular weight is 580 g/mol. The fourth-order valence-electron chi connectivity index (χ4n) is 5.08. The standard InChI is InChI=1S/C34H37N5O4/c1-6-9-31-37-32-22(2)16-25(27-19-38(21-36-27)20-30(35)40)17-28(32)39(31)18-23-12-14-24(15-13-23)26-10-7-8-11-29(26)42-33(41)43-34(3,4)5/h7-8,10-17,19,21H,6,9,18,20H2,1-5H3,(H2,35,40). The molecular weight excluding hydrogens is 542 g/mol. The molecule has 0 bridgehead atoms. The minimum Gasteiger partial charge on any atom is -0.428 e. The Balaban J connectivity index is 1.45. The van der Waals surface area contributed by atoms with Crippen LogP contribution in [0.5, 0.6) is 5.75 Å². The van der Waals surface area contributed by atoms with E-state index in [-0.39, 0.29) is 6.54 Å². The molecule has 9 heteroatoms. The number of fused-ring (bicyclic) bond motifs is 1. The minimum atomic E-state index is -0.735. The highest BCUT2D eigenvalue weighted by atomic mass is 16.7. The van der Waals surface area contributed by atoms with E-state index in [9.17, 15) is 9.59 Å². The van der Waals surface area contributed by atoms with Gasteiger partial charge in [0.2, 0.25) is 5.91 Å². The summed E-state index contributed by atoms with van der Waals surface area (Å²) < 4.78 is 14.9. The molecule has 0 atom stereocenters. The van der Waals surface area contributed by atoms with Gasteiger partial charge in [0.1, 0.15) is 23.7 Å². The van der Waals surface area contributed by atoms with Gasteiger partial charge in [-0.1, -0.05) is 49.4 Å². The van der Waals surface area contributed by atoms with Gasteiger partial charge in [0, 0.05) is 30.3 Å². The van der Waals surface area contributed by atoms with Crippen molar-refractivity contribution in [2.24, 2.45) is 5.73 Å². The molecule has 3 aromatic carbocycles. The van der Waals surface area contributed by atoms with Gasteiger partial charge < -0.3 is 24.3 Å². The van der Waals surface area contributed by atoms with Crippen molar-refractivity contribution in [3.8, 4) is 28.1 Å². The Labute approximate surface area is 251 Å². The third-order valence-electron chi connectivity index (χ3n) is 6.94. The van der Waals surface area contributed by atoms with Crippen LogP contribution in [0.3, 0.4) is 0 Å². The monoisotopic (exact) mass is 579 g/mol. The molecule has 2 N–H and O–H groups in total. The molecule has 5 rings (SSSR count). The summed E-state index contributed by atoms with van der Waals surface area (Å²) in [5, 5.41) is 0. The van der Waals surface area contributed by atoms with Gasteiger partial charge in [0.15, 0.2) is 0 Å². The molecule has 0 aliphatic rings. The number of imidazole rings is 2. The predicted octanol–water partition coefficient (Wildman–Crippen LogP) is 6.68. The third-order valence-corrected chi connectivity index (χ3v) is 6.94. The van der Waals surface area contributed by atoms with Gasteiger partial charge in [0.05, 0.1) is 23.1 Å². The number of primary amides is 1. The van der Waals surface area contributed by atoms with Crippen LogP contribution in [0.2, 0.25) is 0 Å². The number of hydrogen-bond acceptors (Lipinski definition) is 6. The topological polar surface area (TPSA) is 114 Å². The fourth-order valence-corrected chi connectivity index (χ4v) is 5.08. The van der Waals surface area contributed by atoms with E-state index in [1.807, 2.05) is 36.5 Å². The molecule has 0 spiro atoms. The highest BCUT2D eigenvalue weighted by Crippen LogP contribution is 2.32. The largest absolute Gasteiger partial charge is 0.514 e. The second-order valence-electron chi connectivity index (χ2n) is 11.7. The molecule has 2 aromatic heterocycles. The highest BCUT2D eigenvalue weighted by Gasteiger charge is 2.20. The summed E-state index contributed by atoms with van der Waals surface area (Å²) in [4.78, 5) is 33.2. The lowest BCUT2D eigenvalue weighted by atomic mass is 10.0. The molecule has 222 valence electrons. The van der Waals surface area contributed by atoms with Crippen molar-refractivity contribution >= 4 is 23.1 Å². The number of nitrogens with zero attached hydrogens (tertiary/aromatic N) is 4. The second kappa shape index (κ2) is 12.1. The van der Waals surface area contributed by atoms with Crippen molar-refractivity contribution < 1.29 is 19.1 Å². The zero-order chi connectivity index (χ0) is 30.7. The van der Waals surface area contributed by atoms with Crippen LogP contribution in [0.4, 0.5) is 4.79 Å². The number of carbonyl (C=O) groups excluding carboxylic acids is 2. The first-order chi connectivity index (χ1) is 20.5. The first-order valence-corrected chi connectivity index (χ1v) is 14.4. The lowest BCUT2D eigenvalue weighted by Gasteiger charge is -2.19. The number of aryl methyl sites for hydroxylation is 2. The maximum absolute atomic E-state index is 12.3. The Morgan fingerprint density at radius 2 is 1.74 bits per heavy atom. The molecular formula is C34H37N5O4. The summed E-state index contributed by atoms with van der Waals surface area (Å²) in [5.41, 5.74) is 12.3. The van der Waals surface area contributed by atoms with Crippen molar-refractivity contribution in [3.63, 3.8) is 0 Å². The van der Waals surface area contributed by atoms with Gasteiger partial charge in [-0.2, -0.15) is 0 Å². The number of amides is 1. The molecule has 43 heavy (non-hydrogen) atoms. The van der Waals surface area contributed by atoms with Crippen LogP contribution in [0.15, 0.2) is 73.2 Å². The normalized spacial score (nSPS) is 11.6. The third kappa shape index (κ3) is 6.94. The molecule has 9 nitrogen and oxygen atoms in total. The van der Waals surface area contributed by atoms with Gasteiger partial charge in [-0.25, -0.2) is 14.8 Å². The molecule has 0 saturated carbocycles. The number of benzene rings is 3. The average Bonchev–Trinajstić information content (AvgIpc) is 3.53. The molecule has 0 unspecified atom stereocenters. The molecule has 0 aliphatic heterocycles. The number of carbonyl (C=O) groups is 2. The van der Waals surface area contributed by atoms with Crippen LogP contribution in [-0.2, 0) is 29.0 Å². The summed E-state index contributed by atoms with van der Waals surface area (Å²) in [7, 11) is 0. The Morgan fingerprint density at radius 1 is 1.00 bits per heavy atom. The summed E-state index contributed by atoms with van der Waals surface area (Å²) in [6.07, 6.45) is 4.55. The van der Waals surface area contributed by atoms with Gasteiger partial charge in [-0.3, -0.25) is 4.79 Å². The first-order valence-electron chi connectivity index (χ1n) is 14.4. The second-order valence-corrected chi connectivity index (χ2v) is 11.7. The summed E-state index contributed by atoms with van der Waals surface area (Å²) in [6.45, 7) is 10.3. The molecule has 0 aliphatic carbocycles. The van der Waals surface area contributed by atoms with Gasteiger partial charge >= 0.3 is 6.16 Å². The van der Waals surface area contributed by atoms with E-state index in [0.717, 1.165) is 63.2 Å². The zero-order valence-corrected chi connectivity index (χ0v) is 25.3. The number of hydrogen-bond donors (Lipinski definition) is 1. The van der Waals surface area contributed by atoms with E-state index in [2.05, 4.69) is 47.7 Å². The van der Waals surface area contributed by atoms with Crippen LogP contribution in [0, 0.1) is 6.92 Å². The predicted molar refractivity (Wildman–Crippen MR) is 167 cm³/mol. The Hall–Kier alpha value is -4.92. The van der Waals surface area contributed by atoms with E-state index >= 15 is 0 Å². The van der Waals surface area contributed by atoms with E-state index in [1.165, 1.54) is 0 Å². The SMILES string of the molecule is CCCc1nc2c(C)cc(-c3cn(CC(N)=O)cn3)cc2n1Cc1ccc(-c2ccccc2OC(=O)OC(C)(C)C)cc1. The number of ether oxygens (including phenoxy) is 2. The summed E-state index contributed by atoms with van der Waals surface area (Å²) >= 11 is 0. The highest BCUT2D eigenvalue weighted by molar-refractivity contribution is 5.85. The van der Waals surface area contributed by atoms with Crippen molar-refractivity contribution in [1.29, 1.82) is 0 Å². The maximum Gasteiger partial charge on any atom is 0.514 e. The number of rotatable bonds is 9. The summed E-state index contributed by atoms with van der Waals surface area (Å²) in [6, 6.07) is 19.9. The van der Waals surface area contributed by atoms with Gasteiger partial charge in [0.25, 0.3) is 0 Å². The van der Waals surface area contributed by atoms with E-state index in [0.29, 0.717) is 12.3 Å². The number of aromatic nitrogens is 4. The molecule has 0 radical (unpaired) electrons.